The Morgan fingerprint density at radius 3 is 3.14 bits per heavy atom. The van der Waals surface area contributed by atoms with Gasteiger partial charge < -0.3 is 20.7 Å². The number of ether oxygens (including phenoxy) is 1. The van der Waals surface area contributed by atoms with Gasteiger partial charge in [0, 0.05) is 12.1 Å². The van der Waals surface area contributed by atoms with Gasteiger partial charge in [-0.3, -0.25) is 9.59 Å². The number of amides is 2. The highest BCUT2D eigenvalue weighted by Crippen LogP contribution is 2.30. The van der Waals surface area contributed by atoms with Gasteiger partial charge in [0.25, 0.3) is 5.91 Å². The van der Waals surface area contributed by atoms with Crippen LogP contribution in [0.3, 0.4) is 0 Å². The highest BCUT2D eigenvalue weighted by Gasteiger charge is 2.18. The molecule has 2 aliphatic heterocycles. The van der Waals surface area contributed by atoms with E-state index in [0.717, 1.165) is 25.9 Å². The lowest BCUT2D eigenvalue weighted by Gasteiger charge is -2.18. The second kappa shape index (κ2) is 6.13. The largest absolute Gasteiger partial charge is 0.482 e. The molecule has 0 aliphatic carbocycles. The Bertz CT molecular complexity index is 553. The molecular weight excluding hydrogens is 270 g/mol. The molecule has 1 fully saturated rings. The molecule has 1 aromatic carbocycles. The molecule has 0 aromatic heterocycles. The zero-order valence-electron chi connectivity index (χ0n) is 11.8. The van der Waals surface area contributed by atoms with Crippen molar-refractivity contribution in [1.82, 2.24) is 5.32 Å². The molecule has 3 N–H and O–H groups in total. The van der Waals surface area contributed by atoms with Crippen LogP contribution in [0.5, 0.6) is 5.75 Å². The summed E-state index contributed by atoms with van der Waals surface area (Å²) in [5.41, 5.74) is 1.28. The van der Waals surface area contributed by atoms with Crippen molar-refractivity contribution in [3.63, 3.8) is 0 Å². The van der Waals surface area contributed by atoms with Crippen LogP contribution in [0.2, 0.25) is 0 Å². The molecule has 6 heteroatoms. The summed E-state index contributed by atoms with van der Waals surface area (Å²) in [6.07, 6.45) is 2.57. The van der Waals surface area contributed by atoms with Gasteiger partial charge in [-0.2, -0.15) is 0 Å². The quantitative estimate of drug-likeness (QED) is 0.781. The van der Waals surface area contributed by atoms with Crippen LogP contribution in [0.15, 0.2) is 18.2 Å². The van der Waals surface area contributed by atoms with E-state index in [1.54, 1.807) is 18.2 Å². The third-order valence-corrected chi connectivity index (χ3v) is 3.84. The number of hydrogen-bond donors (Lipinski definition) is 3. The average molecular weight is 289 g/mol. The Labute approximate surface area is 123 Å². The molecule has 0 bridgehead atoms. The summed E-state index contributed by atoms with van der Waals surface area (Å²) in [6, 6.07) is 5.26. The minimum absolute atomic E-state index is 0.00454. The average Bonchev–Trinajstić information content (AvgIpc) is 2.98. The molecule has 1 saturated heterocycles. The fourth-order valence-corrected chi connectivity index (χ4v) is 2.68. The van der Waals surface area contributed by atoms with E-state index >= 15 is 0 Å². The molecule has 21 heavy (non-hydrogen) atoms. The van der Waals surface area contributed by atoms with Crippen LogP contribution in [0, 0.1) is 5.92 Å². The Hall–Kier alpha value is -2.08. The first-order valence-corrected chi connectivity index (χ1v) is 7.28. The summed E-state index contributed by atoms with van der Waals surface area (Å²) < 4.78 is 5.28. The van der Waals surface area contributed by atoms with Gasteiger partial charge in [0.1, 0.15) is 5.75 Å². The summed E-state index contributed by atoms with van der Waals surface area (Å²) in [6.45, 7) is 2.10. The molecule has 2 aliphatic rings. The standard InChI is InChI=1S/C15H19N3O3/c19-14(4-1-10-5-6-16-8-10)17-11-2-3-13-12(7-11)18-15(20)9-21-13/h2-3,7,10,16H,1,4-6,8-9H2,(H,17,19)(H,18,20). The first-order valence-electron chi connectivity index (χ1n) is 7.28. The van der Waals surface area contributed by atoms with Crippen molar-refractivity contribution in [2.75, 3.05) is 30.3 Å². The second-order valence-electron chi connectivity index (χ2n) is 5.49. The third-order valence-electron chi connectivity index (χ3n) is 3.84. The molecule has 1 unspecified atom stereocenters. The molecule has 112 valence electrons. The highest BCUT2D eigenvalue weighted by molar-refractivity contribution is 5.97. The highest BCUT2D eigenvalue weighted by atomic mass is 16.5. The number of hydrogen-bond acceptors (Lipinski definition) is 4. The summed E-state index contributed by atoms with van der Waals surface area (Å²) >= 11 is 0. The van der Waals surface area contributed by atoms with Gasteiger partial charge in [0.2, 0.25) is 5.91 Å². The van der Waals surface area contributed by atoms with Crippen LogP contribution >= 0.6 is 0 Å². The number of carbonyl (C=O) groups is 2. The Morgan fingerprint density at radius 2 is 2.33 bits per heavy atom. The SMILES string of the molecule is O=C(CCC1CCNC1)Nc1ccc2c(c1)NC(=O)CO2. The maximum atomic E-state index is 12.0. The van der Waals surface area contributed by atoms with Crippen molar-refractivity contribution in [3.8, 4) is 5.75 Å². The summed E-state index contributed by atoms with van der Waals surface area (Å²) in [7, 11) is 0. The minimum atomic E-state index is -0.181. The van der Waals surface area contributed by atoms with E-state index < -0.39 is 0 Å². The van der Waals surface area contributed by atoms with E-state index in [1.165, 1.54) is 0 Å². The van der Waals surface area contributed by atoms with Crippen molar-refractivity contribution in [2.45, 2.75) is 19.3 Å². The fourth-order valence-electron chi connectivity index (χ4n) is 2.68. The molecule has 1 atom stereocenters. The second-order valence-corrected chi connectivity index (χ2v) is 5.49. The van der Waals surface area contributed by atoms with Crippen LogP contribution in [-0.4, -0.2) is 31.5 Å². The van der Waals surface area contributed by atoms with Crippen molar-refractivity contribution in [3.05, 3.63) is 18.2 Å². The van der Waals surface area contributed by atoms with E-state index in [0.29, 0.717) is 29.5 Å². The van der Waals surface area contributed by atoms with Crippen LogP contribution < -0.4 is 20.7 Å². The summed E-state index contributed by atoms with van der Waals surface area (Å²) in [5.74, 6) is 1.06. The predicted octanol–water partition coefficient (Wildman–Crippen LogP) is 1.35. The lowest BCUT2D eigenvalue weighted by Crippen LogP contribution is -2.25. The van der Waals surface area contributed by atoms with Gasteiger partial charge in [0.05, 0.1) is 5.69 Å². The van der Waals surface area contributed by atoms with Gasteiger partial charge in [-0.05, 0) is 50.0 Å². The molecule has 3 rings (SSSR count). The molecule has 2 heterocycles. The predicted molar refractivity (Wildman–Crippen MR) is 79.4 cm³/mol. The third kappa shape index (κ3) is 3.52. The minimum Gasteiger partial charge on any atom is -0.482 e. The van der Waals surface area contributed by atoms with Crippen molar-refractivity contribution in [2.24, 2.45) is 5.92 Å². The zero-order chi connectivity index (χ0) is 14.7. The van der Waals surface area contributed by atoms with E-state index in [2.05, 4.69) is 16.0 Å². The zero-order valence-corrected chi connectivity index (χ0v) is 11.8. The maximum Gasteiger partial charge on any atom is 0.262 e. The smallest absolute Gasteiger partial charge is 0.262 e. The molecule has 1 aromatic rings. The molecule has 0 spiro atoms. The number of nitrogens with one attached hydrogen (secondary N) is 3. The molecule has 0 saturated carbocycles. The monoisotopic (exact) mass is 289 g/mol. The maximum absolute atomic E-state index is 12.0. The van der Waals surface area contributed by atoms with E-state index in [9.17, 15) is 9.59 Å². The summed E-state index contributed by atoms with van der Waals surface area (Å²) in [4.78, 5) is 23.2. The number of fused-ring (bicyclic) bond motifs is 1. The lowest BCUT2D eigenvalue weighted by atomic mass is 10.0. The number of anilines is 2. The Balaban J connectivity index is 1.55. The molecule has 6 nitrogen and oxygen atoms in total. The van der Waals surface area contributed by atoms with Gasteiger partial charge >= 0.3 is 0 Å². The van der Waals surface area contributed by atoms with Gasteiger partial charge in [-0.1, -0.05) is 0 Å². The van der Waals surface area contributed by atoms with E-state index in [-0.39, 0.29) is 18.4 Å². The first-order chi connectivity index (χ1) is 10.2. The summed E-state index contributed by atoms with van der Waals surface area (Å²) in [5, 5.41) is 8.89. The molecule has 0 radical (unpaired) electrons. The normalized spacial score (nSPS) is 20.4. The Kier molecular flexibility index (Phi) is 4.06. The topological polar surface area (TPSA) is 79.5 Å². The van der Waals surface area contributed by atoms with Crippen LogP contribution in [-0.2, 0) is 9.59 Å². The van der Waals surface area contributed by atoms with Gasteiger partial charge in [-0.25, -0.2) is 0 Å². The van der Waals surface area contributed by atoms with E-state index in [4.69, 9.17) is 4.74 Å². The van der Waals surface area contributed by atoms with E-state index in [1.807, 2.05) is 0 Å². The van der Waals surface area contributed by atoms with Gasteiger partial charge in [0.15, 0.2) is 6.61 Å². The fraction of sp³-hybridized carbons (Fsp3) is 0.467. The first kappa shape index (κ1) is 13.9. The van der Waals surface area contributed by atoms with Crippen molar-refractivity contribution >= 4 is 23.2 Å². The van der Waals surface area contributed by atoms with Crippen LogP contribution in [0.25, 0.3) is 0 Å². The lowest BCUT2D eigenvalue weighted by molar-refractivity contribution is -0.118. The number of benzene rings is 1. The van der Waals surface area contributed by atoms with Gasteiger partial charge in [-0.15, -0.1) is 0 Å². The van der Waals surface area contributed by atoms with Crippen molar-refractivity contribution in [1.29, 1.82) is 0 Å². The number of rotatable bonds is 4. The molecular formula is C15H19N3O3. The van der Waals surface area contributed by atoms with Crippen molar-refractivity contribution < 1.29 is 14.3 Å². The van der Waals surface area contributed by atoms with Crippen LogP contribution in [0.4, 0.5) is 11.4 Å². The van der Waals surface area contributed by atoms with Crippen LogP contribution in [0.1, 0.15) is 19.3 Å². The number of carbonyl (C=O) groups excluding carboxylic acids is 2. The molecule has 2 amide bonds. The Morgan fingerprint density at radius 1 is 1.43 bits per heavy atom.